The number of halogens is 1. The van der Waals surface area contributed by atoms with Crippen molar-refractivity contribution in [1.29, 1.82) is 0 Å². The van der Waals surface area contributed by atoms with E-state index in [9.17, 15) is 4.79 Å². The minimum Gasteiger partial charge on any atom is -1.00 e. The van der Waals surface area contributed by atoms with Crippen LogP contribution in [0.2, 0.25) is 0 Å². The predicted octanol–water partition coefficient (Wildman–Crippen LogP) is -1.74. The zero-order valence-corrected chi connectivity index (χ0v) is 10.2. The Balaban J connectivity index is 0.00000128. The van der Waals surface area contributed by atoms with E-state index in [2.05, 4.69) is 4.98 Å². The summed E-state index contributed by atoms with van der Waals surface area (Å²) < 4.78 is 1.81. The quantitative estimate of drug-likeness (QED) is 0.493. The summed E-state index contributed by atoms with van der Waals surface area (Å²) in [4.78, 5) is 15.7. The van der Waals surface area contributed by atoms with Gasteiger partial charge >= 0.3 is 0 Å². The van der Waals surface area contributed by atoms with E-state index in [4.69, 9.17) is 0 Å². The number of nitrogens with zero attached hydrogens (tertiary/aromatic N) is 2. The van der Waals surface area contributed by atoms with Crippen molar-refractivity contribution in [3.8, 4) is 0 Å². The van der Waals surface area contributed by atoms with E-state index in [0.29, 0.717) is 6.54 Å². The van der Waals surface area contributed by atoms with Gasteiger partial charge in [-0.25, -0.2) is 0 Å². The number of rotatable bonds is 3. The first-order chi connectivity index (χ1) is 7.36. The van der Waals surface area contributed by atoms with Gasteiger partial charge in [0.1, 0.15) is 0 Å². The Labute approximate surface area is 105 Å². The highest BCUT2D eigenvalue weighted by Gasteiger charge is 2.10. The number of Topliss-reactive ketones (excluding diaryl/α,β-unsaturated/α-hetero) is 1. The van der Waals surface area contributed by atoms with Crippen LogP contribution in [0.3, 0.4) is 0 Å². The monoisotopic (exact) mass is 278 g/mol. The zero-order valence-electron chi connectivity index (χ0n) is 8.58. The van der Waals surface area contributed by atoms with Gasteiger partial charge in [0, 0.05) is 5.56 Å². The first-order valence-electron chi connectivity index (χ1n) is 4.73. The standard InChI is InChI=1S/C12H11N2O.BrH/c15-12(11-4-2-1-3-5-11)10-14-8-6-13-7-9-14;/h1-9H,10H2;1H/q+1;/p-1. The maximum Gasteiger partial charge on any atom is 0.227 e. The van der Waals surface area contributed by atoms with Gasteiger partial charge in [-0.15, -0.1) is 0 Å². The molecule has 4 heteroatoms. The van der Waals surface area contributed by atoms with E-state index in [1.165, 1.54) is 0 Å². The first-order valence-corrected chi connectivity index (χ1v) is 4.73. The lowest BCUT2D eigenvalue weighted by molar-refractivity contribution is -0.683. The van der Waals surface area contributed by atoms with E-state index in [0.717, 1.165) is 5.56 Å². The Bertz CT molecular complexity index is 445. The third-order valence-electron chi connectivity index (χ3n) is 2.11. The smallest absolute Gasteiger partial charge is 0.227 e. The molecular formula is C12H11BrN2O. The fourth-order valence-corrected chi connectivity index (χ4v) is 1.33. The van der Waals surface area contributed by atoms with Gasteiger partial charge in [0.2, 0.25) is 12.3 Å². The summed E-state index contributed by atoms with van der Waals surface area (Å²) in [5, 5.41) is 0. The molecule has 2 aromatic rings. The molecule has 0 aliphatic carbocycles. The summed E-state index contributed by atoms with van der Waals surface area (Å²) in [5.41, 5.74) is 0.738. The van der Waals surface area contributed by atoms with Crippen molar-refractivity contribution in [2.45, 2.75) is 6.54 Å². The average Bonchev–Trinajstić information content (AvgIpc) is 2.31. The molecule has 16 heavy (non-hydrogen) atoms. The van der Waals surface area contributed by atoms with Gasteiger partial charge in [-0.2, -0.15) is 4.57 Å². The number of carbonyl (C=O) groups excluding carboxylic acids is 1. The van der Waals surface area contributed by atoms with Crippen molar-refractivity contribution in [3.63, 3.8) is 0 Å². The average molecular weight is 279 g/mol. The maximum atomic E-state index is 11.8. The third-order valence-corrected chi connectivity index (χ3v) is 2.11. The second kappa shape index (κ2) is 6.12. The highest BCUT2D eigenvalue weighted by atomic mass is 79.9. The Kier molecular flexibility index (Phi) is 4.79. The van der Waals surface area contributed by atoms with Gasteiger partial charge in [-0.05, 0) is 0 Å². The third kappa shape index (κ3) is 3.24. The van der Waals surface area contributed by atoms with Crippen LogP contribution in [0.1, 0.15) is 10.4 Å². The van der Waals surface area contributed by atoms with Crippen LogP contribution in [0.5, 0.6) is 0 Å². The molecule has 2 rings (SSSR count). The van der Waals surface area contributed by atoms with Crippen LogP contribution in [0.4, 0.5) is 0 Å². The molecule has 0 unspecified atom stereocenters. The molecule has 3 nitrogen and oxygen atoms in total. The molecule has 82 valence electrons. The molecule has 1 aromatic heterocycles. The second-order valence-electron chi connectivity index (χ2n) is 3.21. The Morgan fingerprint density at radius 1 is 1.12 bits per heavy atom. The van der Waals surface area contributed by atoms with Gasteiger partial charge < -0.3 is 17.0 Å². The summed E-state index contributed by atoms with van der Waals surface area (Å²) >= 11 is 0. The largest absolute Gasteiger partial charge is 1.00 e. The lowest BCUT2D eigenvalue weighted by atomic mass is 10.1. The number of hydrogen-bond acceptors (Lipinski definition) is 2. The lowest BCUT2D eigenvalue weighted by Gasteiger charge is -1.96. The molecular weight excluding hydrogens is 268 g/mol. The zero-order chi connectivity index (χ0) is 10.5. The van der Waals surface area contributed by atoms with Crippen molar-refractivity contribution in [3.05, 3.63) is 60.7 Å². The molecule has 0 saturated carbocycles. The minimum absolute atomic E-state index is 0. The van der Waals surface area contributed by atoms with Crippen molar-refractivity contribution >= 4 is 5.78 Å². The number of benzene rings is 1. The van der Waals surface area contributed by atoms with Crippen LogP contribution in [0.15, 0.2) is 55.1 Å². The number of ketones is 1. The van der Waals surface area contributed by atoms with Crippen LogP contribution >= 0.6 is 0 Å². The summed E-state index contributed by atoms with van der Waals surface area (Å²) in [7, 11) is 0. The molecule has 0 radical (unpaired) electrons. The minimum atomic E-state index is 0. The Morgan fingerprint density at radius 2 is 1.75 bits per heavy atom. The molecule has 0 spiro atoms. The van der Waals surface area contributed by atoms with E-state index in [1.54, 1.807) is 24.8 Å². The fraction of sp³-hybridized carbons (Fsp3) is 0.0833. The van der Waals surface area contributed by atoms with Gasteiger partial charge in [-0.3, -0.25) is 9.78 Å². The molecule has 0 N–H and O–H groups in total. The summed E-state index contributed by atoms with van der Waals surface area (Å²) in [5.74, 6) is 0.104. The first kappa shape index (κ1) is 12.5. The number of aromatic nitrogens is 2. The Morgan fingerprint density at radius 3 is 2.38 bits per heavy atom. The van der Waals surface area contributed by atoms with E-state index >= 15 is 0 Å². The second-order valence-corrected chi connectivity index (χ2v) is 3.21. The highest BCUT2D eigenvalue weighted by molar-refractivity contribution is 5.94. The predicted molar refractivity (Wildman–Crippen MR) is 55.2 cm³/mol. The van der Waals surface area contributed by atoms with Gasteiger partial charge in [0.25, 0.3) is 0 Å². The number of carbonyl (C=O) groups is 1. The van der Waals surface area contributed by atoms with Crippen LogP contribution in [-0.4, -0.2) is 10.8 Å². The number of hydrogen-bond donors (Lipinski definition) is 0. The van der Waals surface area contributed by atoms with Crippen molar-refractivity contribution < 1.29 is 26.3 Å². The van der Waals surface area contributed by atoms with Crippen molar-refractivity contribution in [2.75, 3.05) is 0 Å². The van der Waals surface area contributed by atoms with Gasteiger partial charge in [0.05, 0.1) is 12.4 Å². The molecule has 0 amide bonds. The van der Waals surface area contributed by atoms with Gasteiger partial charge in [0.15, 0.2) is 12.4 Å². The SMILES string of the molecule is O=C(C[n+]1ccncc1)c1ccccc1.[Br-]. The molecule has 1 heterocycles. The molecule has 0 bridgehead atoms. The topological polar surface area (TPSA) is 33.8 Å². The van der Waals surface area contributed by atoms with Crippen LogP contribution < -0.4 is 21.5 Å². The molecule has 0 aliphatic rings. The summed E-state index contributed by atoms with van der Waals surface area (Å²) in [6.45, 7) is 0.354. The normalized spacial score (nSPS) is 9.25. The van der Waals surface area contributed by atoms with Crippen molar-refractivity contribution in [2.24, 2.45) is 0 Å². The summed E-state index contributed by atoms with van der Waals surface area (Å²) in [6.07, 6.45) is 6.89. The van der Waals surface area contributed by atoms with Crippen LogP contribution in [-0.2, 0) is 6.54 Å². The van der Waals surface area contributed by atoms with E-state index < -0.39 is 0 Å². The maximum absolute atomic E-state index is 11.8. The van der Waals surface area contributed by atoms with E-state index in [-0.39, 0.29) is 22.8 Å². The molecule has 0 aliphatic heterocycles. The van der Waals surface area contributed by atoms with Gasteiger partial charge in [-0.1, -0.05) is 30.3 Å². The lowest BCUT2D eigenvalue weighted by Crippen LogP contribution is -3.00. The van der Waals surface area contributed by atoms with Crippen LogP contribution in [0.25, 0.3) is 0 Å². The molecule has 0 saturated heterocycles. The fourth-order valence-electron chi connectivity index (χ4n) is 1.33. The Hall–Kier alpha value is -1.55. The summed E-state index contributed by atoms with van der Waals surface area (Å²) in [6, 6.07) is 9.28. The highest BCUT2D eigenvalue weighted by Crippen LogP contribution is 1.99. The molecule has 1 aromatic carbocycles. The molecule has 0 fully saturated rings. The van der Waals surface area contributed by atoms with E-state index in [1.807, 2.05) is 34.9 Å². The van der Waals surface area contributed by atoms with Crippen LogP contribution in [0, 0.1) is 0 Å². The van der Waals surface area contributed by atoms with Crippen molar-refractivity contribution in [1.82, 2.24) is 4.98 Å². The molecule has 0 atom stereocenters.